The van der Waals surface area contributed by atoms with Crippen LogP contribution in [0.4, 0.5) is 0 Å². The lowest BCUT2D eigenvalue weighted by Gasteiger charge is -2.32. The lowest BCUT2D eigenvalue weighted by atomic mass is 9.74. The molecule has 0 N–H and O–H groups in total. The molecule has 0 radical (unpaired) electrons. The van der Waals surface area contributed by atoms with E-state index in [1.54, 1.807) is 6.42 Å². The number of hydrogen-bond donors (Lipinski definition) is 0. The van der Waals surface area contributed by atoms with Gasteiger partial charge in [0.1, 0.15) is 0 Å². The van der Waals surface area contributed by atoms with Crippen molar-refractivity contribution in [1.82, 2.24) is 0 Å². The largest absolute Gasteiger partial charge is 0.0654 e. The van der Waals surface area contributed by atoms with Gasteiger partial charge >= 0.3 is 0 Å². The van der Waals surface area contributed by atoms with Crippen LogP contribution in [0.2, 0.25) is 0 Å². The number of rotatable bonds is 8. The Bertz CT molecular complexity index is 176. The standard InChI is InChI=1S/C18H36/c1-5-8-15(3)12-17-10-7-11-18(14-17)13-16(4)9-6-2/h15-18H,5-14H2,1-4H3. The molecule has 0 saturated heterocycles. The fraction of sp³-hybridized carbons (Fsp3) is 1.00. The molecule has 1 saturated carbocycles. The van der Waals surface area contributed by atoms with Gasteiger partial charge in [-0.05, 0) is 42.9 Å². The number of hydrogen-bond acceptors (Lipinski definition) is 0. The Morgan fingerprint density at radius 3 is 1.67 bits per heavy atom. The highest BCUT2D eigenvalue weighted by atomic mass is 14.3. The third kappa shape index (κ3) is 6.25. The quantitative estimate of drug-likeness (QED) is 0.466. The predicted octanol–water partition coefficient (Wildman–Crippen LogP) is 6.45. The molecule has 0 aromatic heterocycles. The van der Waals surface area contributed by atoms with Crippen molar-refractivity contribution in [2.45, 2.75) is 91.9 Å². The molecule has 18 heavy (non-hydrogen) atoms. The molecule has 0 heteroatoms. The molecule has 4 atom stereocenters. The van der Waals surface area contributed by atoms with Gasteiger partial charge in [0, 0.05) is 0 Å². The second-order valence-electron chi connectivity index (χ2n) is 7.16. The minimum atomic E-state index is 0.965. The predicted molar refractivity (Wildman–Crippen MR) is 82.8 cm³/mol. The van der Waals surface area contributed by atoms with E-state index in [9.17, 15) is 0 Å². The van der Waals surface area contributed by atoms with Crippen LogP contribution in [0, 0.1) is 23.7 Å². The molecule has 0 aliphatic heterocycles. The highest BCUT2D eigenvalue weighted by Gasteiger charge is 2.24. The maximum absolute atomic E-state index is 2.47. The fourth-order valence-corrected chi connectivity index (χ4v) is 4.19. The molecule has 1 aliphatic rings. The topological polar surface area (TPSA) is 0 Å². The van der Waals surface area contributed by atoms with Crippen LogP contribution in [0.5, 0.6) is 0 Å². The van der Waals surface area contributed by atoms with Gasteiger partial charge in [0.15, 0.2) is 0 Å². The molecule has 1 aliphatic carbocycles. The Kier molecular flexibility index (Phi) is 8.02. The van der Waals surface area contributed by atoms with E-state index < -0.39 is 0 Å². The molecule has 0 heterocycles. The van der Waals surface area contributed by atoms with Gasteiger partial charge in [-0.1, -0.05) is 72.6 Å². The molecule has 0 aromatic rings. The molecular formula is C18H36. The Hall–Kier alpha value is 0. The van der Waals surface area contributed by atoms with Crippen molar-refractivity contribution in [2.24, 2.45) is 23.7 Å². The van der Waals surface area contributed by atoms with Crippen molar-refractivity contribution in [3.8, 4) is 0 Å². The highest BCUT2D eigenvalue weighted by Crippen LogP contribution is 2.37. The minimum absolute atomic E-state index is 0.965. The van der Waals surface area contributed by atoms with Gasteiger partial charge < -0.3 is 0 Å². The van der Waals surface area contributed by atoms with Crippen molar-refractivity contribution in [3.05, 3.63) is 0 Å². The van der Waals surface area contributed by atoms with E-state index >= 15 is 0 Å². The smallest absolute Gasteiger partial charge is 0.0409 e. The van der Waals surface area contributed by atoms with Crippen LogP contribution in [-0.2, 0) is 0 Å². The van der Waals surface area contributed by atoms with Gasteiger partial charge in [-0.15, -0.1) is 0 Å². The van der Waals surface area contributed by atoms with Crippen molar-refractivity contribution >= 4 is 0 Å². The van der Waals surface area contributed by atoms with Crippen molar-refractivity contribution < 1.29 is 0 Å². The van der Waals surface area contributed by atoms with Crippen LogP contribution < -0.4 is 0 Å². The van der Waals surface area contributed by atoms with Crippen LogP contribution in [0.3, 0.4) is 0 Å². The van der Waals surface area contributed by atoms with Crippen molar-refractivity contribution in [2.75, 3.05) is 0 Å². The SMILES string of the molecule is CCCC(C)CC1CCCC(CC(C)CCC)C1. The molecule has 0 aromatic carbocycles. The summed E-state index contributed by atoms with van der Waals surface area (Å²) in [6, 6.07) is 0. The molecular weight excluding hydrogens is 216 g/mol. The van der Waals surface area contributed by atoms with E-state index in [1.165, 1.54) is 57.8 Å². The van der Waals surface area contributed by atoms with Crippen LogP contribution in [0.15, 0.2) is 0 Å². The first kappa shape index (κ1) is 16.1. The van der Waals surface area contributed by atoms with Crippen LogP contribution >= 0.6 is 0 Å². The summed E-state index contributed by atoms with van der Waals surface area (Å²) in [5.41, 5.74) is 0. The van der Waals surface area contributed by atoms with Crippen LogP contribution in [-0.4, -0.2) is 0 Å². The summed E-state index contributed by atoms with van der Waals surface area (Å²) in [7, 11) is 0. The van der Waals surface area contributed by atoms with E-state index in [4.69, 9.17) is 0 Å². The highest BCUT2D eigenvalue weighted by molar-refractivity contribution is 4.76. The fourth-order valence-electron chi connectivity index (χ4n) is 4.19. The Labute approximate surface area is 116 Å². The molecule has 0 bridgehead atoms. The molecule has 1 rings (SSSR count). The second kappa shape index (κ2) is 8.99. The van der Waals surface area contributed by atoms with Gasteiger partial charge in [-0.25, -0.2) is 0 Å². The maximum Gasteiger partial charge on any atom is -0.0409 e. The minimum Gasteiger partial charge on any atom is -0.0654 e. The summed E-state index contributed by atoms with van der Waals surface area (Å²) in [5.74, 6) is 4.04. The first-order valence-corrected chi connectivity index (χ1v) is 8.65. The van der Waals surface area contributed by atoms with E-state index in [2.05, 4.69) is 27.7 Å². The zero-order valence-electron chi connectivity index (χ0n) is 13.4. The maximum atomic E-state index is 2.47. The molecule has 0 spiro atoms. The van der Waals surface area contributed by atoms with Crippen LogP contribution in [0.1, 0.15) is 91.9 Å². The van der Waals surface area contributed by atoms with Crippen LogP contribution in [0.25, 0.3) is 0 Å². The van der Waals surface area contributed by atoms with Gasteiger partial charge in [0.25, 0.3) is 0 Å². The Morgan fingerprint density at radius 2 is 1.28 bits per heavy atom. The average molecular weight is 252 g/mol. The van der Waals surface area contributed by atoms with Gasteiger partial charge in [0.2, 0.25) is 0 Å². The Morgan fingerprint density at radius 1 is 0.833 bits per heavy atom. The first-order chi connectivity index (χ1) is 8.65. The molecule has 1 fully saturated rings. The van der Waals surface area contributed by atoms with Gasteiger partial charge in [0.05, 0.1) is 0 Å². The summed E-state index contributed by atoms with van der Waals surface area (Å²) in [4.78, 5) is 0. The summed E-state index contributed by atoms with van der Waals surface area (Å²) in [6.07, 6.45) is 14.7. The molecule has 0 nitrogen and oxygen atoms in total. The monoisotopic (exact) mass is 252 g/mol. The molecule has 108 valence electrons. The summed E-state index contributed by atoms with van der Waals surface area (Å²) < 4.78 is 0. The third-order valence-electron chi connectivity index (χ3n) is 4.93. The lowest BCUT2D eigenvalue weighted by molar-refractivity contribution is 0.200. The zero-order valence-corrected chi connectivity index (χ0v) is 13.4. The van der Waals surface area contributed by atoms with Gasteiger partial charge in [-0.3, -0.25) is 0 Å². The summed E-state index contributed by atoms with van der Waals surface area (Å²) in [5, 5.41) is 0. The average Bonchev–Trinajstić information content (AvgIpc) is 2.29. The van der Waals surface area contributed by atoms with Gasteiger partial charge in [-0.2, -0.15) is 0 Å². The third-order valence-corrected chi connectivity index (χ3v) is 4.93. The lowest BCUT2D eigenvalue weighted by Crippen LogP contribution is -2.19. The molecule has 0 amide bonds. The van der Waals surface area contributed by atoms with E-state index in [0.717, 1.165) is 23.7 Å². The second-order valence-corrected chi connectivity index (χ2v) is 7.16. The summed E-state index contributed by atoms with van der Waals surface area (Å²) >= 11 is 0. The van der Waals surface area contributed by atoms with Crippen molar-refractivity contribution in [3.63, 3.8) is 0 Å². The molecule has 4 unspecified atom stereocenters. The van der Waals surface area contributed by atoms with E-state index in [-0.39, 0.29) is 0 Å². The van der Waals surface area contributed by atoms with E-state index in [1.807, 2.05) is 0 Å². The summed E-state index contributed by atoms with van der Waals surface area (Å²) in [6.45, 7) is 9.58. The van der Waals surface area contributed by atoms with Crippen molar-refractivity contribution in [1.29, 1.82) is 0 Å². The Balaban J connectivity index is 2.27. The zero-order chi connectivity index (χ0) is 13.4. The van der Waals surface area contributed by atoms with E-state index in [0.29, 0.717) is 0 Å². The first-order valence-electron chi connectivity index (χ1n) is 8.65. The normalized spacial score (nSPS) is 28.0.